The number of esters is 1. The zero-order valence-electron chi connectivity index (χ0n) is 8.84. The molecular weight excluding hydrogens is 291 g/mol. The average Bonchev–Trinajstić information content (AvgIpc) is 2.29. The molecule has 1 aromatic rings. The van der Waals surface area contributed by atoms with Gasteiger partial charge in [-0.1, -0.05) is 11.6 Å². The van der Waals surface area contributed by atoms with Gasteiger partial charge in [-0.15, -0.1) is 0 Å². The lowest BCUT2D eigenvalue weighted by atomic mass is 10.1. The minimum atomic E-state index is -4.61. The zero-order valence-corrected chi connectivity index (χ0v) is 10.4. The van der Waals surface area contributed by atoms with Crippen LogP contribution in [0, 0.1) is 11.3 Å². The fraction of sp³-hybridized carbons (Fsp3) is 0.200. The van der Waals surface area contributed by atoms with Crippen molar-refractivity contribution in [1.29, 1.82) is 5.26 Å². The van der Waals surface area contributed by atoms with Crippen molar-refractivity contribution in [2.45, 2.75) is 10.4 Å². The van der Waals surface area contributed by atoms with Crippen LogP contribution < -0.4 is 0 Å². The maximum absolute atomic E-state index is 12.3. The molecule has 1 aromatic carbocycles. The van der Waals surface area contributed by atoms with Gasteiger partial charge in [0.05, 0.1) is 28.2 Å². The highest BCUT2D eigenvalue weighted by molar-refractivity contribution is 8.00. The quantitative estimate of drug-likeness (QED) is 0.618. The van der Waals surface area contributed by atoms with E-state index < -0.39 is 33.2 Å². The fourth-order valence-corrected chi connectivity index (χ4v) is 2.14. The van der Waals surface area contributed by atoms with Gasteiger partial charge in [-0.25, -0.2) is 4.79 Å². The van der Waals surface area contributed by atoms with Crippen LogP contribution in [0.3, 0.4) is 0 Å². The number of hydrogen-bond acceptors (Lipinski definition) is 4. The fourth-order valence-electron chi connectivity index (χ4n) is 1.13. The van der Waals surface area contributed by atoms with Gasteiger partial charge in [-0.3, -0.25) is 0 Å². The van der Waals surface area contributed by atoms with Gasteiger partial charge in [0, 0.05) is 0 Å². The third-order valence-electron chi connectivity index (χ3n) is 1.84. The molecule has 0 aliphatic carbocycles. The number of ether oxygens (including phenoxy) is 1. The van der Waals surface area contributed by atoms with Crippen LogP contribution >= 0.6 is 23.4 Å². The highest BCUT2D eigenvalue weighted by Crippen LogP contribution is 2.43. The van der Waals surface area contributed by atoms with E-state index in [1.807, 2.05) is 0 Å². The van der Waals surface area contributed by atoms with E-state index in [0.717, 1.165) is 19.2 Å². The Bertz CT molecular complexity index is 525. The van der Waals surface area contributed by atoms with Gasteiger partial charge >= 0.3 is 11.5 Å². The molecule has 0 saturated heterocycles. The van der Waals surface area contributed by atoms with Gasteiger partial charge in [0.15, 0.2) is 0 Å². The summed E-state index contributed by atoms with van der Waals surface area (Å²) < 4.78 is 41.4. The van der Waals surface area contributed by atoms with Crippen molar-refractivity contribution in [2.24, 2.45) is 0 Å². The van der Waals surface area contributed by atoms with E-state index >= 15 is 0 Å². The van der Waals surface area contributed by atoms with Gasteiger partial charge in [-0.05, 0) is 23.9 Å². The molecule has 0 spiro atoms. The molecule has 96 valence electrons. The minimum absolute atomic E-state index is 0.218. The van der Waals surface area contributed by atoms with E-state index in [9.17, 15) is 18.0 Å². The van der Waals surface area contributed by atoms with E-state index in [1.54, 1.807) is 6.07 Å². The largest absolute Gasteiger partial charge is 0.465 e. The van der Waals surface area contributed by atoms with Crippen LogP contribution in [0.5, 0.6) is 0 Å². The summed E-state index contributed by atoms with van der Waals surface area (Å²) in [6.07, 6.45) is 0. The van der Waals surface area contributed by atoms with E-state index in [-0.39, 0.29) is 11.1 Å². The number of halogens is 4. The number of nitrogens with zero attached hydrogens (tertiary/aromatic N) is 1. The Balaban J connectivity index is 3.37. The van der Waals surface area contributed by atoms with Crippen molar-refractivity contribution in [3.05, 3.63) is 28.3 Å². The predicted molar refractivity (Wildman–Crippen MR) is 59.4 cm³/mol. The first-order valence-corrected chi connectivity index (χ1v) is 5.56. The molecule has 18 heavy (non-hydrogen) atoms. The first-order chi connectivity index (χ1) is 8.30. The molecule has 3 nitrogen and oxygen atoms in total. The van der Waals surface area contributed by atoms with Crippen LogP contribution in [-0.4, -0.2) is 18.6 Å². The first kappa shape index (κ1) is 14.7. The van der Waals surface area contributed by atoms with Gasteiger partial charge in [0.2, 0.25) is 0 Å². The number of nitriles is 1. The topological polar surface area (TPSA) is 50.1 Å². The molecule has 0 aromatic heterocycles. The summed E-state index contributed by atoms with van der Waals surface area (Å²) in [5.41, 5.74) is -5.08. The molecule has 8 heteroatoms. The molecule has 0 amide bonds. The molecule has 0 aliphatic rings. The van der Waals surface area contributed by atoms with Crippen LogP contribution in [0.1, 0.15) is 15.9 Å². The smallest absolute Gasteiger partial charge is 0.446 e. The van der Waals surface area contributed by atoms with Crippen LogP contribution in [0.2, 0.25) is 5.02 Å². The van der Waals surface area contributed by atoms with Crippen molar-refractivity contribution in [2.75, 3.05) is 7.11 Å². The summed E-state index contributed by atoms with van der Waals surface area (Å²) in [4.78, 5) is 10.8. The predicted octanol–water partition coefficient (Wildman–Crippen LogP) is 3.61. The van der Waals surface area contributed by atoms with Crippen LogP contribution in [0.4, 0.5) is 13.2 Å². The summed E-state index contributed by atoms with van der Waals surface area (Å²) in [5.74, 6) is -0.867. The number of rotatable bonds is 2. The van der Waals surface area contributed by atoms with E-state index in [2.05, 4.69) is 4.74 Å². The summed E-state index contributed by atoms with van der Waals surface area (Å²) in [6.45, 7) is 0. The van der Waals surface area contributed by atoms with E-state index in [1.165, 1.54) is 0 Å². The molecule has 0 aliphatic heterocycles. The number of thioether (sulfide) groups is 1. The maximum atomic E-state index is 12.3. The second kappa shape index (κ2) is 5.50. The third kappa shape index (κ3) is 3.31. The summed E-state index contributed by atoms with van der Waals surface area (Å²) >= 11 is 5.16. The van der Waals surface area contributed by atoms with E-state index in [0.29, 0.717) is 0 Å². The summed E-state index contributed by atoms with van der Waals surface area (Å²) in [6, 6.07) is 3.82. The van der Waals surface area contributed by atoms with Crippen molar-refractivity contribution >= 4 is 29.3 Å². The van der Waals surface area contributed by atoms with Gasteiger partial charge in [0.25, 0.3) is 0 Å². The van der Waals surface area contributed by atoms with Gasteiger partial charge in [0.1, 0.15) is 6.07 Å². The molecule has 0 N–H and O–H groups in total. The molecule has 0 radical (unpaired) electrons. The lowest BCUT2D eigenvalue weighted by Crippen LogP contribution is -2.06. The number of carbonyl (C=O) groups is 1. The van der Waals surface area contributed by atoms with Crippen molar-refractivity contribution in [3.8, 4) is 6.07 Å². The number of methoxy groups -OCH3 is 1. The molecule has 0 heterocycles. The van der Waals surface area contributed by atoms with Crippen LogP contribution in [0.15, 0.2) is 17.0 Å². The SMILES string of the molecule is COC(=O)c1ccc(C#N)c(SC(F)(F)F)c1Cl. The maximum Gasteiger partial charge on any atom is 0.446 e. The summed E-state index contributed by atoms with van der Waals surface area (Å²) in [7, 11) is 1.08. The van der Waals surface area contributed by atoms with Gasteiger partial charge < -0.3 is 4.74 Å². The van der Waals surface area contributed by atoms with Crippen molar-refractivity contribution < 1.29 is 22.7 Å². The summed E-state index contributed by atoms with van der Waals surface area (Å²) in [5, 5.41) is 8.28. The highest BCUT2D eigenvalue weighted by atomic mass is 35.5. The Morgan fingerprint density at radius 3 is 2.56 bits per heavy atom. The lowest BCUT2D eigenvalue weighted by Gasteiger charge is -2.11. The molecule has 0 unspecified atom stereocenters. The Labute approximate surface area is 109 Å². The minimum Gasteiger partial charge on any atom is -0.465 e. The second-order valence-electron chi connectivity index (χ2n) is 2.95. The van der Waals surface area contributed by atoms with Crippen molar-refractivity contribution in [3.63, 3.8) is 0 Å². The third-order valence-corrected chi connectivity index (χ3v) is 3.20. The average molecular weight is 296 g/mol. The Kier molecular flexibility index (Phi) is 4.48. The second-order valence-corrected chi connectivity index (χ2v) is 4.41. The van der Waals surface area contributed by atoms with Crippen LogP contribution in [0.25, 0.3) is 0 Å². The molecule has 0 saturated carbocycles. The van der Waals surface area contributed by atoms with E-state index in [4.69, 9.17) is 16.9 Å². The first-order valence-electron chi connectivity index (χ1n) is 4.36. The molecule has 1 rings (SSSR count). The number of carbonyl (C=O) groups excluding carboxylic acids is 1. The lowest BCUT2D eigenvalue weighted by molar-refractivity contribution is -0.0328. The number of alkyl halides is 3. The Morgan fingerprint density at radius 1 is 1.50 bits per heavy atom. The standard InChI is InChI=1S/C10H5ClF3NO2S/c1-17-9(16)6-3-2-5(4-15)8(7(6)11)18-10(12,13)14/h2-3H,1H3. The number of hydrogen-bond donors (Lipinski definition) is 0. The normalized spacial score (nSPS) is 10.9. The molecule has 0 fully saturated rings. The Hall–Kier alpha value is -1.39. The zero-order chi connectivity index (χ0) is 13.9. The molecule has 0 bridgehead atoms. The molecule has 0 atom stereocenters. The Morgan fingerprint density at radius 2 is 2.11 bits per heavy atom. The van der Waals surface area contributed by atoms with Gasteiger partial charge in [-0.2, -0.15) is 18.4 Å². The monoisotopic (exact) mass is 295 g/mol. The van der Waals surface area contributed by atoms with Crippen LogP contribution in [-0.2, 0) is 4.74 Å². The highest BCUT2D eigenvalue weighted by Gasteiger charge is 2.33. The number of benzene rings is 1. The van der Waals surface area contributed by atoms with Crippen molar-refractivity contribution in [1.82, 2.24) is 0 Å². The molecular formula is C10H5ClF3NO2S.